The fourth-order valence-corrected chi connectivity index (χ4v) is 2.44. The Morgan fingerprint density at radius 3 is 1.81 bits per heavy atom. The Morgan fingerprint density at radius 1 is 0.952 bits per heavy atom. The maximum atomic E-state index is 12.5. The highest BCUT2D eigenvalue weighted by molar-refractivity contribution is 5.99. The first-order valence-electron chi connectivity index (χ1n) is 7.26. The molecule has 0 heterocycles. The van der Waals surface area contributed by atoms with Gasteiger partial charge in [0.1, 0.15) is 6.04 Å². The third-order valence-corrected chi connectivity index (χ3v) is 4.21. The molecule has 1 unspecified atom stereocenters. The molecular weight excluding hydrogens is 266 g/mol. The van der Waals surface area contributed by atoms with E-state index in [-0.39, 0.29) is 5.91 Å². The van der Waals surface area contributed by atoms with E-state index in [4.69, 9.17) is 4.74 Å². The highest BCUT2D eigenvalue weighted by atomic mass is 16.5. The summed E-state index contributed by atoms with van der Waals surface area (Å²) in [5.74, 6) is -0.640. The third-order valence-electron chi connectivity index (χ3n) is 4.21. The Labute approximate surface area is 126 Å². The highest BCUT2D eigenvalue weighted by Crippen LogP contribution is 2.26. The second-order valence-electron chi connectivity index (χ2n) is 5.45. The summed E-state index contributed by atoms with van der Waals surface area (Å²) >= 11 is 0. The number of carbonyl (C=O) groups is 2. The lowest BCUT2D eigenvalue weighted by Gasteiger charge is -2.19. The fraction of sp³-hybridized carbons (Fsp3) is 0.529. The molecular formula is C17H25NO3. The van der Waals surface area contributed by atoms with Gasteiger partial charge in [-0.05, 0) is 76.3 Å². The first-order chi connectivity index (χ1) is 9.72. The largest absolute Gasteiger partial charge is 0.464 e. The van der Waals surface area contributed by atoms with E-state index in [1.807, 2.05) is 27.7 Å². The number of carbonyl (C=O) groups excluding carboxylic acids is 2. The number of esters is 1. The normalized spacial score (nSPS) is 12.0. The van der Waals surface area contributed by atoms with E-state index >= 15 is 0 Å². The molecule has 0 aliphatic rings. The first kappa shape index (κ1) is 17.2. The number of hydrogen-bond acceptors (Lipinski definition) is 3. The van der Waals surface area contributed by atoms with Crippen molar-refractivity contribution in [3.8, 4) is 0 Å². The molecule has 1 aromatic rings. The van der Waals surface area contributed by atoms with Gasteiger partial charge in [-0.25, -0.2) is 4.79 Å². The monoisotopic (exact) mass is 291 g/mol. The van der Waals surface area contributed by atoms with Gasteiger partial charge in [0.2, 0.25) is 0 Å². The van der Waals surface area contributed by atoms with Gasteiger partial charge in [-0.1, -0.05) is 0 Å². The third kappa shape index (κ3) is 3.43. The summed E-state index contributed by atoms with van der Waals surface area (Å²) in [5, 5.41) is 2.72. The van der Waals surface area contributed by atoms with Gasteiger partial charge in [0.05, 0.1) is 6.61 Å². The van der Waals surface area contributed by atoms with Crippen molar-refractivity contribution in [2.24, 2.45) is 0 Å². The van der Waals surface area contributed by atoms with Crippen molar-refractivity contribution in [3.05, 3.63) is 33.4 Å². The summed E-state index contributed by atoms with van der Waals surface area (Å²) in [6.07, 6.45) is 0. The topological polar surface area (TPSA) is 55.4 Å². The molecule has 1 N–H and O–H groups in total. The summed E-state index contributed by atoms with van der Waals surface area (Å²) < 4.78 is 4.91. The number of amides is 1. The van der Waals surface area contributed by atoms with Gasteiger partial charge >= 0.3 is 5.97 Å². The second kappa shape index (κ2) is 6.74. The van der Waals surface area contributed by atoms with Crippen LogP contribution in [0.5, 0.6) is 0 Å². The van der Waals surface area contributed by atoms with Gasteiger partial charge in [-0.2, -0.15) is 0 Å². The van der Waals surface area contributed by atoms with Crippen LogP contribution in [-0.4, -0.2) is 24.5 Å². The molecule has 1 amide bonds. The SMILES string of the molecule is CCOC(=O)C(C)NC(=O)c1c(C)c(C)c(C)c(C)c1C. The molecule has 0 spiro atoms. The van der Waals surface area contributed by atoms with Gasteiger partial charge < -0.3 is 10.1 Å². The summed E-state index contributed by atoms with van der Waals surface area (Å²) in [5.41, 5.74) is 6.03. The number of nitrogens with one attached hydrogen (secondary N) is 1. The predicted molar refractivity (Wildman–Crippen MR) is 83.7 cm³/mol. The van der Waals surface area contributed by atoms with Crippen LogP contribution in [0.3, 0.4) is 0 Å². The zero-order chi connectivity index (χ0) is 16.3. The van der Waals surface area contributed by atoms with Gasteiger partial charge in [0.15, 0.2) is 0 Å². The average molecular weight is 291 g/mol. The predicted octanol–water partition coefficient (Wildman–Crippen LogP) is 2.91. The molecule has 0 saturated heterocycles. The van der Waals surface area contributed by atoms with E-state index in [0.29, 0.717) is 12.2 Å². The Hall–Kier alpha value is -1.84. The van der Waals surface area contributed by atoms with Crippen LogP contribution in [0, 0.1) is 34.6 Å². The molecule has 116 valence electrons. The average Bonchev–Trinajstić information content (AvgIpc) is 2.43. The smallest absolute Gasteiger partial charge is 0.328 e. The minimum Gasteiger partial charge on any atom is -0.464 e. The first-order valence-corrected chi connectivity index (χ1v) is 7.26. The Balaban J connectivity index is 3.12. The van der Waals surface area contributed by atoms with E-state index in [0.717, 1.165) is 22.3 Å². The van der Waals surface area contributed by atoms with Crippen molar-refractivity contribution in [1.29, 1.82) is 0 Å². The van der Waals surface area contributed by atoms with Crippen molar-refractivity contribution in [2.45, 2.75) is 54.5 Å². The molecule has 4 nitrogen and oxygen atoms in total. The van der Waals surface area contributed by atoms with Gasteiger partial charge in [-0.15, -0.1) is 0 Å². The molecule has 0 aromatic heterocycles. The maximum Gasteiger partial charge on any atom is 0.328 e. The minimum absolute atomic E-state index is 0.225. The van der Waals surface area contributed by atoms with Crippen LogP contribution in [0.2, 0.25) is 0 Å². The zero-order valence-electron chi connectivity index (χ0n) is 14.0. The van der Waals surface area contributed by atoms with Gasteiger partial charge in [-0.3, -0.25) is 4.79 Å². The lowest BCUT2D eigenvalue weighted by molar-refractivity contribution is -0.144. The lowest BCUT2D eigenvalue weighted by atomic mass is 9.89. The van der Waals surface area contributed by atoms with Crippen LogP contribution in [-0.2, 0) is 9.53 Å². The lowest BCUT2D eigenvalue weighted by Crippen LogP contribution is -2.40. The Kier molecular flexibility index (Phi) is 5.53. The molecule has 4 heteroatoms. The number of ether oxygens (including phenoxy) is 1. The van der Waals surface area contributed by atoms with Crippen LogP contribution < -0.4 is 5.32 Å². The minimum atomic E-state index is -0.654. The number of hydrogen-bond donors (Lipinski definition) is 1. The van der Waals surface area contributed by atoms with E-state index in [2.05, 4.69) is 12.2 Å². The highest BCUT2D eigenvalue weighted by Gasteiger charge is 2.22. The van der Waals surface area contributed by atoms with Crippen LogP contribution in [0.4, 0.5) is 0 Å². The summed E-state index contributed by atoms with van der Waals surface area (Å²) in [6, 6.07) is -0.654. The van der Waals surface area contributed by atoms with Crippen LogP contribution in [0.1, 0.15) is 52.0 Å². The van der Waals surface area contributed by atoms with Gasteiger partial charge in [0, 0.05) is 5.56 Å². The van der Waals surface area contributed by atoms with Crippen LogP contribution >= 0.6 is 0 Å². The molecule has 1 rings (SSSR count). The van der Waals surface area contributed by atoms with Crippen molar-refractivity contribution >= 4 is 11.9 Å². The standard InChI is InChI=1S/C17H25NO3/c1-8-21-17(20)14(7)18-16(19)15-12(5)10(3)9(2)11(4)13(15)6/h14H,8H2,1-7H3,(H,18,19). The molecule has 21 heavy (non-hydrogen) atoms. The number of rotatable bonds is 4. The molecule has 0 aliphatic carbocycles. The zero-order valence-corrected chi connectivity index (χ0v) is 14.0. The molecule has 1 atom stereocenters. The van der Waals surface area contributed by atoms with Crippen molar-refractivity contribution in [2.75, 3.05) is 6.61 Å². The van der Waals surface area contributed by atoms with Crippen molar-refractivity contribution < 1.29 is 14.3 Å². The van der Waals surface area contributed by atoms with Crippen LogP contribution in [0.25, 0.3) is 0 Å². The van der Waals surface area contributed by atoms with E-state index < -0.39 is 12.0 Å². The molecule has 0 aliphatic heterocycles. The van der Waals surface area contributed by atoms with Gasteiger partial charge in [0.25, 0.3) is 5.91 Å². The summed E-state index contributed by atoms with van der Waals surface area (Å²) in [7, 11) is 0. The van der Waals surface area contributed by atoms with E-state index in [1.54, 1.807) is 13.8 Å². The van der Waals surface area contributed by atoms with Crippen molar-refractivity contribution in [1.82, 2.24) is 5.32 Å². The molecule has 0 bridgehead atoms. The quantitative estimate of drug-likeness (QED) is 0.868. The molecule has 0 radical (unpaired) electrons. The fourth-order valence-electron chi connectivity index (χ4n) is 2.44. The summed E-state index contributed by atoms with van der Waals surface area (Å²) in [6.45, 7) is 13.7. The van der Waals surface area contributed by atoms with E-state index in [1.165, 1.54) is 5.56 Å². The summed E-state index contributed by atoms with van der Waals surface area (Å²) in [4.78, 5) is 24.1. The molecule has 1 aromatic carbocycles. The number of benzene rings is 1. The Morgan fingerprint density at radius 2 is 1.38 bits per heavy atom. The maximum absolute atomic E-state index is 12.5. The Bertz CT molecular complexity index is 547. The van der Waals surface area contributed by atoms with Crippen LogP contribution in [0.15, 0.2) is 0 Å². The second-order valence-corrected chi connectivity index (χ2v) is 5.45. The van der Waals surface area contributed by atoms with E-state index in [9.17, 15) is 9.59 Å². The molecule has 0 fully saturated rings. The molecule has 0 saturated carbocycles. The van der Waals surface area contributed by atoms with Crippen molar-refractivity contribution in [3.63, 3.8) is 0 Å².